The van der Waals surface area contributed by atoms with Gasteiger partial charge in [-0.05, 0) is 18.1 Å². The molecule has 1 rings (SSSR count). The van der Waals surface area contributed by atoms with Gasteiger partial charge < -0.3 is 20.9 Å². The van der Waals surface area contributed by atoms with Crippen LogP contribution in [-0.4, -0.2) is 29.6 Å². The molecule has 0 aromatic heterocycles. The van der Waals surface area contributed by atoms with Crippen LogP contribution in [0.15, 0.2) is 24.3 Å². The van der Waals surface area contributed by atoms with Gasteiger partial charge >= 0.3 is 5.97 Å². The van der Waals surface area contributed by atoms with Crippen molar-refractivity contribution in [1.29, 1.82) is 0 Å². The van der Waals surface area contributed by atoms with E-state index in [9.17, 15) is 9.59 Å². The molecule has 19 heavy (non-hydrogen) atoms. The van der Waals surface area contributed by atoms with Crippen LogP contribution in [0, 0.1) is 5.92 Å². The largest absolute Gasteiger partial charge is 0.480 e. The zero-order chi connectivity index (χ0) is 14.4. The SMILES string of the molecule is CC(C)[C@H](N)C(=O)Nc1ccccc1OCC(=O)O. The number of carbonyl (C=O) groups excluding carboxylic acids is 1. The van der Waals surface area contributed by atoms with Crippen LogP contribution in [0.2, 0.25) is 0 Å². The Labute approximate surface area is 111 Å². The molecule has 0 saturated carbocycles. The third-order valence-corrected chi connectivity index (χ3v) is 2.52. The lowest BCUT2D eigenvalue weighted by Crippen LogP contribution is -2.39. The highest BCUT2D eigenvalue weighted by molar-refractivity contribution is 5.96. The van der Waals surface area contributed by atoms with Gasteiger partial charge in [0.05, 0.1) is 11.7 Å². The van der Waals surface area contributed by atoms with Crippen molar-refractivity contribution in [1.82, 2.24) is 0 Å². The molecular formula is C13H18N2O4. The number of benzene rings is 1. The summed E-state index contributed by atoms with van der Waals surface area (Å²) in [5, 5.41) is 11.2. The lowest BCUT2D eigenvalue weighted by molar-refractivity contribution is -0.139. The molecule has 0 aliphatic carbocycles. The van der Waals surface area contributed by atoms with E-state index in [1.807, 2.05) is 13.8 Å². The quantitative estimate of drug-likeness (QED) is 0.715. The highest BCUT2D eigenvalue weighted by Crippen LogP contribution is 2.24. The van der Waals surface area contributed by atoms with Gasteiger partial charge in [0.1, 0.15) is 5.75 Å². The van der Waals surface area contributed by atoms with Crippen molar-refractivity contribution in [3.8, 4) is 5.75 Å². The van der Waals surface area contributed by atoms with E-state index >= 15 is 0 Å². The third kappa shape index (κ3) is 4.59. The van der Waals surface area contributed by atoms with E-state index in [1.54, 1.807) is 24.3 Å². The summed E-state index contributed by atoms with van der Waals surface area (Å²) in [5.74, 6) is -1.11. The summed E-state index contributed by atoms with van der Waals surface area (Å²) in [5.41, 5.74) is 6.14. The highest BCUT2D eigenvalue weighted by Gasteiger charge is 2.18. The number of para-hydroxylation sites is 2. The van der Waals surface area contributed by atoms with Crippen molar-refractivity contribution >= 4 is 17.6 Å². The van der Waals surface area contributed by atoms with E-state index in [-0.39, 0.29) is 11.8 Å². The van der Waals surface area contributed by atoms with Crippen molar-refractivity contribution in [3.63, 3.8) is 0 Å². The van der Waals surface area contributed by atoms with E-state index in [0.717, 1.165) is 0 Å². The molecule has 0 spiro atoms. The minimum atomic E-state index is -1.08. The Kier molecular flexibility index (Phi) is 5.32. The molecule has 1 aromatic carbocycles. The van der Waals surface area contributed by atoms with Crippen LogP contribution in [0.4, 0.5) is 5.69 Å². The van der Waals surface area contributed by atoms with Crippen LogP contribution in [-0.2, 0) is 9.59 Å². The molecule has 0 saturated heterocycles. The molecule has 1 amide bonds. The van der Waals surface area contributed by atoms with Crippen LogP contribution in [0.3, 0.4) is 0 Å². The van der Waals surface area contributed by atoms with Gasteiger partial charge in [-0.15, -0.1) is 0 Å². The molecule has 0 heterocycles. The first-order valence-electron chi connectivity index (χ1n) is 5.92. The summed E-state index contributed by atoms with van der Waals surface area (Å²) in [6.45, 7) is 3.22. The molecule has 0 unspecified atom stereocenters. The molecule has 0 radical (unpaired) electrons. The van der Waals surface area contributed by atoms with Gasteiger partial charge in [-0.2, -0.15) is 0 Å². The fourth-order valence-electron chi connectivity index (χ4n) is 1.35. The Bertz CT molecular complexity index is 460. The Morgan fingerprint density at radius 3 is 2.58 bits per heavy atom. The molecule has 1 atom stereocenters. The first-order chi connectivity index (χ1) is 8.91. The Balaban J connectivity index is 2.77. The highest BCUT2D eigenvalue weighted by atomic mass is 16.5. The number of anilines is 1. The molecule has 0 bridgehead atoms. The number of rotatable bonds is 6. The fourth-order valence-corrected chi connectivity index (χ4v) is 1.35. The third-order valence-electron chi connectivity index (χ3n) is 2.52. The summed E-state index contributed by atoms with van der Waals surface area (Å²) in [4.78, 5) is 22.3. The van der Waals surface area contributed by atoms with Gasteiger partial charge in [-0.1, -0.05) is 26.0 Å². The first kappa shape index (κ1) is 15.0. The number of hydrogen-bond donors (Lipinski definition) is 3. The lowest BCUT2D eigenvalue weighted by Gasteiger charge is -2.17. The van der Waals surface area contributed by atoms with Gasteiger partial charge in [-0.3, -0.25) is 4.79 Å². The van der Waals surface area contributed by atoms with Gasteiger partial charge in [0, 0.05) is 0 Å². The molecule has 1 aromatic rings. The zero-order valence-electron chi connectivity index (χ0n) is 10.9. The van der Waals surface area contributed by atoms with E-state index in [4.69, 9.17) is 15.6 Å². The topological polar surface area (TPSA) is 102 Å². The second kappa shape index (κ2) is 6.75. The maximum atomic E-state index is 11.8. The van der Waals surface area contributed by atoms with Crippen molar-refractivity contribution in [2.24, 2.45) is 11.7 Å². The Hall–Kier alpha value is -2.08. The normalized spacial score (nSPS) is 12.0. The van der Waals surface area contributed by atoms with E-state index in [2.05, 4.69) is 5.32 Å². The predicted octanol–water partition coefficient (Wildman–Crippen LogP) is 1.07. The second-order valence-corrected chi connectivity index (χ2v) is 4.44. The molecule has 4 N–H and O–H groups in total. The summed E-state index contributed by atoms with van der Waals surface area (Å²) in [6.07, 6.45) is 0. The number of hydrogen-bond acceptors (Lipinski definition) is 4. The van der Waals surface area contributed by atoms with E-state index in [0.29, 0.717) is 11.4 Å². The molecular weight excluding hydrogens is 248 g/mol. The minimum absolute atomic E-state index is 0.00657. The molecule has 0 fully saturated rings. The monoisotopic (exact) mass is 266 g/mol. The first-order valence-corrected chi connectivity index (χ1v) is 5.92. The Morgan fingerprint density at radius 2 is 2.00 bits per heavy atom. The molecule has 0 aliphatic heterocycles. The number of nitrogens with one attached hydrogen (secondary N) is 1. The second-order valence-electron chi connectivity index (χ2n) is 4.44. The van der Waals surface area contributed by atoms with Crippen LogP contribution in [0.5, 0.6) is 5.75 Å². The average Bonchev–Trinajstić information content (AvgIpc) is 2.36. The van der Waals surface area contributed by atoms with Crippen LogP contribution in [0.25, 0.3) is 0 Å². The van der Waals surface area contributed by atoms with Crippen LogP contribution in [0.1, 0.15) is 13.8 Å². The van der Waals surface area contributed by atoms with Crippen molar-refractivity contribution in [3.05, 3.63) is 24.3 Å². The smallest absolute Gasteiger partial charge is 0.341 e. The van der Waals surface area contributed by atoms with Gasteiger partial charge in [0.2, 0.25) is 5.91 Å². The number of carboxylic acid groups (broad SMARTS) is 1. The fraction of sp³-hybridized carbons (Fsp3) is 0.385. The van der Waals surface area contributed by atoms with Crippen molar-refractivity contribution < 1.29 is 19.4 Å². The zero-order valence-corrected chi connectivity index (χ0v) is 10.9. The van der Waals surface area contributed by atoms with Crippen molar-refractivity contribution in [2.45, 2.75) is 19.9 Å². The van der Waals surface area contributed by atoms with E-state index < -0.39 is 18.6 Å². The molecule has 104 valence electrons. The van der Waals surface area contributed by atoms with Gasteiger partial charge in [-0.25, -0.2) is 4.79 Å². The van der Waals surface area contributed by atoms with Gasteiger partial charge in [0.25, 0.3) is 0 Å². The van der Waals surface area contributed by atoms with E-state index in [1.165, 1.54) is 0 Å². The summed E-state index contributed by atoms with van der Waals surface area (Å²) < 4.78 is 5.08. The minimum Gasteiger partial charge on any atom is -0.480 e. The summed E-state index contributed by atoms with van der Waals surface area (Å²) in [7, 11) is 0. The van der Waals surface area contributed by atoms with Gasteiger partial charge in [0.15, 0.2) is 6.61 Å². The number of ether oxygens (including phenoxy) is 1. The maximum absolute atomic E-state index is 11.8. The molecule has 6 nitrogen and oxygen atoms in total. The standard InChI is InChI=1S/C13H18N2O4/c1-8(2)12(14)13(18)15-9-5-3-4-6-10(9)19-7-11(16)17/h3-6,8,12H,7,14H2,1-2H3,(H,15,18)(H,16,17)/t12-/m0/s1. The number of carboxylic acids is 1. The summed E-state index contributed by atoms with van der Waals surface area (Å²) in [6, 6.07) is 5.98. The number of carbonyl (C=O) groups is 2. The number of aliphatic carboxylic acids is 1. The maximum Gasteiger partial charge on any atom is 0.341 e. The summed E-state index contributed by atoms with van der Waals surface area (Å²) >= 11 is 0. The lowest BCUT2D eigenvalue weighted by atomic mass is 10.0. The van der Waals surface area contributed by atoms with Crippen molar-refractivity contribution in [2.75, 3.05) is 11.9 Å². The molecule has 6 heteroatoms. The predicted molar refractivity (Wildman–Crippen MR) is 71.0 cm³/mol. The molecule has 0 aliphatic rings. The van der Waals surface area contributed by atoms with Crippen LogP contribution >= 0.6 is 0 Å². The van der Waals surface area contributed by atoms with Crippen LogP contribution < -0.4 is 15.8 Å². The number of amides is 1. The average molecular weight is 266 g/mol. The Morgan fingerprint density at radius 1 is 1.37 bits per heavy atom. The number of nitrogens with two attached hydrogens (primary N) is 1.